The van der Waals surface area contributed by atoms with Gasteiger partial charge in [-0.25, -0.2) is 24.6 Å². The average Bonchev–Trinajstić information content (AvgIpc) is 3.82. The van der Waals surface area contributed by atoms with Crippen molar-refractivity contribution in [2.45, 2.75) is 135 Å². The third kappa shape index (κ3) is 17.9. The van der Waals surface area contributed by atoms with E-state index in [1.54, 1.807) is 30.6 Å². The number of thiazole rings is 1. The summed E-state index contributed by atoms with van der Waals surface area (Å²) in [4.78, 5) is 93.2. The number of rotatable bonds is 25. The van der Waals surface area contributed by atoms with Gasteiger partial charge in [-0.1, -0.05) is 83.4 Å². The second-order valence-corrected chi connectivity index (χ2v) is 20.9. The first-order valence-electron chi connectivity index (χ1n) is 23.4. The lowest BCUT2D eigenvalue weighted by Gasteiger charge is -2.40. The van der Waals surface area contributed by atoms with Crippen molar-refractivity contribution in [3.63, 3.8) is 0 Å². The standard InChI is InChI=1S/C48H69FN8O8S3/c1-9-22-57(47(62)42(31(5)10-2)53-45(61)38-15-12-14-23-56(38)8)39(30(3)4)28-40(65-33(7)58)46-52-37(29-66-46)44(60)51-36(27-34-17-19-35(49)20-18-34)26-32(6)43(59)54-55-48(63)64-24-25-67-68-41-16-11-13-21-50-41/h11,13,16-21,29-32,36,38-40,42H,9-10,12,14-15,22-28H2,1-8H3,(H,51,60)(H,53,61)(H,54,59)(H,55,63)/t31-,32-,36+,38+,39+,40+,42-/m0/s1. The molecule has 0 saturated carbocycles. The lowest BCUT2D eigenvalue weighted by atomic mass is 9.92. The highest BCUT2D eigenvalue weighted by molar-refractivity contribution is 8.76. The number of amides is 5. The molecule has 1 saturated heterocycles. The number of likely N-dealkylation sites (N-methyl/N-ethyl adjacent to an activating group) is 1. The van der Waals surface area contributed by atoms with Gasteiger partial charge in [0.1, 0.15) is 34.2 Å². The molecule has 16 nitrogen and oxygen atoms in total. The highest BCUT2D eigenvalue weighted by atomic mass is 33.1. The summed E-state index contributed by atoms with van der Waals surface area (Å²) < 4.78 is 24.9. The molecule has 0 aliphatic carbocycles. The molecule has 7 atom stereocenters. The van der Waals surface area contributed by atoms with Gasteiger partial charge in [-0.05, 0) is 98.2 Å². The molecule has 3 heterocycles. The number of likely N-dealkylation sites (tertiary alicyclic amines) is 1. The summed E-state index contributed by atoms with van der Waals surface area (Å²) in [7, 11) is 4.86. The lowest BCUT2D eigenvalue weighted by Crippen LogP contribution is -2.58. The monoisotopic (exact) mass is 1000 g/mol. The Morgan fingerprint density at radius 1 is 0.985 bits per heavy atom. The topological polar surface area (TPSA) is 201 Å². The number of hydrogen-bond donors (Lipinski definition) is 4. The van der Waals surface area contributed by atoms with E-state index in [2.05, 4.69) is 31.5 Å². The van der Waals surface area contributed by atoms with Crippen LogP contribution in [-0.4, -0.2) is 112 Å². The predicted octanol–water partition coefficient (Wildman–Crippen LogP) is 7.52. The molecule has 20 heteroatoms. The van der Waals surface area contributed by atoms with Gasteiger partial charge in [0.25, 0.3) is 5.91 Å². The Morgan fingerprint density at radius 3 is 2.38 bits per heavy atom. The molecule has 3 aromatic rings. The minimum atomic E-state index is -0.909. The third-order valence-electron chi connectivity index (χ3n) is 11.8. The van der Waals surface area contributed by atoms with Gasteiger partial charge in [-0.15, -0.1) is 11.3 Å². The van der Waals surface area contributed by atoms with Crippen LogP contribution in [0.3, 0.4) is 0 Å². The molecule has 4 N–H and O–H groups in total. The quantitative estimate of drug-likeness (QED) is 0.0282. The molecule has 0 spiro atoms. The molecule has 0 radical (unpaired) electrons. The van der Waals surface area contributed by atoms with Crippen LogP contribution in [0.25, 0.3) is 0 Å². The van der Waals surface area contributed by atoms with E-state index in [-0.39, 0.29) is 61.3 Å². The van der Waals surface area contributed by atoms with Crippen LogP contribution in [0.5, 0.6) is 0 Å². The van der Waals surface area contributed by atoms with E-state index < -0.39 is 59.8 Å². The first kappa shape index (κ1) is 55.8. The Bertz CT molecular complexity index is 2080. The largest absolute Gasteiger partial charge is 0.455 e. The molecule has 2 aromatic heterocycles. The van der Waals surface area contributed by atoms with Crippen molar-refractivity contribution in [3.8, 4) is 0 Å². The van der Waals surface area contributed by atoms with Crippen molar-refractivity contribution >= 4 is 68.6 Å². The van der Waals surface area contributed by atoms with Crippen molar-refractivity contribution in [2.75, 3.05) is 32.5 Å². The predicted molar refractivity (Wildman–Crippen MR) is 264 cm³/mol. The second kappa shape index (κ2) is 28.6. The first-order chi connectivity index (χ1) is 32.5. The van der Waals surface area contributed by atoms with Crippen molar-refractivity contribution in [3.05, 3.63) is 76.1 Å². The molecule has 5 amide bonds. The summed E-state index contributed by atoms with van der Waals surface area (Å²) in [6, 6.07) is 9.26. The zero-order chi connectivity index (χ0) is 49.8. The molecule has 1 aliphatic rings. The fourth-order valence-electron chi connectivity index (χ4n) is 7.95. The molecular formula is C48H69FN8O8S3. The van der Waals surface area contributed by atoms with Crippen LogP contribution in [0, 0.1) is 23.6 Å². The molecule has 68 heavy (non-hydrogen) atoms. The van der Waals surface area contributed by atoms with Crippen LogP contribution in [-0.2, 0) is 35.1 Å². The lowest BCUT2D eigenvalue weighted by molar-refractivity contribution is -0.149. The van der Waals surface area contributed by atoms with Crippen LogP contribution in [0.15, 0.2) is 59.1 Å². The molecule has 374 valence electrons. The van der Waals surface area contributed by atoms with Crippen LogP contribution in [0.4, 0.5) is 9.18 Å². The molecule has 4 rings (SSSR count). The summed E-state index contributed by atoms with van der Waals surface area (Å²) in [5, 5.41) is 8.87. The number of ether oxygens (including phenoxy) is 2. The Morgan fingerprint density at radius 2 is 1.74 bits per heavy atom. The Kier molecular flexibility index (Phi) is 23.5. The van der Waals surface area contributed by atoms with Gasteiger partial charge in [-0.3, -0.25) is 34.3 Å². The van der Waals surface area contributed by atoms with E-state index in [1.807, 2.05) is 69.7 Å². The maximum atomic E-state index is 14.7. The number of hydrazine groups is 1. The van der Waals surface area contributed by atoms with E-state index >= 15 is 0 Å². The van der Waals surface area contributed by atoms with Crippen molar-refractivity contribution in [2.24, 2.45) is 17.8 Å². The average molecular weight is 1000 g/mol. The smallest absolute Gasteiger partial charge is 0.426 e. The van der Waals surface area contributed by atoms with Gasteiger partial charge in [0.15, 0.2) is 6.10 Å². The van der Waals surface area contributed by atoms with Crippen LogP contribution in [0.1, 0.15) is 121 Å². The number of halogens is 1. The molecule has 1 fully saturated rings. The number of aromatic nitrogens is 2. The first-order valence-corrected chi connectivity index (χ1v) is 26.6. The van der Waals surface area contributed by atoms with Gasteiger partial charge >= 0.3 is 12.1 Å². The Balaban J connectivity index is 1.46. The van der Waals surface area contributed by atoms with Crippen molar-refractivity contribution < 1.29 is 42.6 Å². The van der Waals surface area contributed by atoms with E-state index in [1.165, 1.54) is 40.6 Å². The van der Waals surface area contributed by atoms with Gasteiger partial charge in [0.2, 0.25) is 17.7 Å². The van der Waals surface area contributed by atoms with Crippen LogP contribution >= 0.6 is 32.9 Å². The number of carbonyl (C=O) groups excluding carboxylic acids is 6. The summed E-state index contributed by atoms with van der Waals surface area (Å²) in [6.45, 7) is 14.2. The van der Waals surface area contributed by atoms with Gasteiger partial charge in [0.05, 0.1) is 6.04 Å². The van der Waals surface area contributed by atoms with Gasteiger partial charge in [0, 0.05) is 55.2 Å². The number of nitrogens with one attached hydrogen (secondary N) is 4. The third-order valence-corrected chi connectivity index (χ3v) is 15.0. The minimum Gasteiger partial charge on any atom is -0.455 e. The van der Waals surface area contributed by atoms with Gasteiger partial charge in [-0.2, -0.15) is 0 Å². The molecule has 0 bridgehead atoms. The maximum Gasteiger partial charge on any atom is 0.426 e. The highest BCUT2D eigenvalue weighted by Crippen LogP contribution is 2.32. The number of benzene rings is 1. The molecule has 0 unspecified atom stereocenters. The Labute approximate surface area is 412 Å². The number of piperidine rings is 1. The summed E-state index contributed by atoms with van der Waals surface area (Å²) in [6.07, 6.45) is 4.53. The molecule has 1 aliphatic heterocycles. The summed E-state index contributed by atoms with van der Waals surface area (Å²) >= 11 is 1.14. The van der Waals surface area contributed by atoms with Crippen LogP contribution < -0.4 is 21.5 Å². The van der Waals surface area contributed by atoms with Crippen LogP contribution in [0.2, 0.25) is 0 Å². The normalized spacial score (nSPS) is 16.6. The number of pyridine rings is 1. The molecular weight excluding hydrogens is 932 g/mol. The molecule has 1 aromatic carbocycles. The maximum absolute atomic E-state index is 14.7. The summed E-state index contributed by atoms with van der Waals surface area (Å²) in [5.74, 6) is -2.86. The van der Waals surface area contributed by atoms with Crippen molar-refractivity contribution in [1.29, 1.82) is 0 Å². The number of esters is 1. The zero-order valence-corrected chi connectivity index (χ0v) is 42.9. The highest BCUT2D eigenvalue weighted by Gasteiger charge is 2.38. The SMILES string of the molecule is CCCN(C(=O)[C@@H](NC(=O)[C@H]1CCCCN1C)[C@@H](C)CC)[C@H](C[C@@H](OC(C)=O)c1nc(C(=O)N[C@@H](Cc2ccc(F)cc2)C[C@H](C)C(=O)NNC(=O)OCCSSc2ccccn2)cs1)C(C)C. The fourth-order valence-corrected chi connectivity index (χ4v) is 10.5. The number of carbonyl (C=O) groups is 6. The van der Waals surface area contributed by atoms with E-state index in [0.717, 1.165) is 42.2 Å². The van der Waals surface area contributed by atoms with Gasteiger partial charge < -0.3 is 25.0 Å². The number of hydrogen-bond acceptors (Lipinski definition) is 14. The zero-order valence-electron chi connectivity index (χ0n) is 40.5. The van der Waals surface area contributed by atoms with E-state index in [4.69, 9.17) is 9.47 Å². The van der Waals surface area contributed by atoms with E-state index in [0.29, 0.717) is 35.7 Å². The van der Waals surface area contributed by atoms with E-state index in [9.17, 15) is 33.2 Å². The van der Waals surface area contributed by atoms with Crippen molar-refractivity contribution in [1.82, 2.24) is 41.3 Å². The number of nitrogens with zero attached hydrogens (tertiary/aromatic N) is 4. The second-order valence-electron chi connectivity index (χ2n) is 17.6. The fraction of sp³-hybridized carbons (Fsp3) is 0.583. The summed E-state index contributed by atoms with van der Waals surface area (Å²) in [5.41, 5.74) is 5.41. The Hall–Kier alpha value is -4.79. The minimum absolute atomic E-state index is 0.0548.